The predicted octanol–water partition coefficient (Wildman–Crippen LogP) is 2.15. The Labute approximate surface area is 91.3 Å². The van der Waals surface area contributed by atoms with Gasteiger partial charge in [-0.2, -0.15) is 0 Å². The van der Waals surface area contributed by atoms with Crippen molar-refractivity contribution in [1.29, 1.82) is 0 Å². The van der Waals surface area contributed by atoms with E-state index in [1.165, 1.54) is 0 Å². The van der Waals surface area contributed by atoms with E-state index in [-0.39, 0.29) is 6.61 Å². The fourth-order valence-corrected chi connectivity index (χ4v) is 1.54. The van der Waals surface area contributed by atoms with Gasteiger partial charge in [-0.15, -0.1) is 0 Å². The number of nitrogens with one attached hydrogen (secondary N) is 1. The van der Waals surface area contributed by atoms with Gasteiger partial charge in [0.15, 0.2) is 0 Å². The van der Waals surface area contributed by atoms with E-state index < -0.39 is 0 Å². The van der Waals surface area contributed by atoms with Crippen LogP contribution in [0, 0.1) is 6.92 Å². The Morgan fingerprint density at radius 2 is 2.20 bits per heavy atom. The molecule has 1 atom stereocenters. The first kappa shape index (κ1) is 11.9. The quantitative estimate of drug-likeness (QED) is 0.650. The maximum atomic E-state index is 8.73. The SMILES string of the molecule is Cc1c(N)cccc1NC(C)CCCO. The summed E-state index contributed by atoms with van der Waals surface area (Å²) in [5.74, 6) is 0. The van der Waals surface area contributed by atoms with Crippen LogP contribution in [0.1, 0.15) is 25.3 Å². The number of rotatable bonds is 5. The average molecular weight is 208 g/mol. The summed E-state index contributed by atoms with van der Waals surface area (Å²) in [7, 11) is 0. The number of aliphatic hydroxyl groups is 1. The van der Waals surface area contributed by atoms with Crippen molar-refractivity contribution in [3.05, 3.63) is 23.8 Å². The summed E-state index contributed by atoms with van der Waals surface area (Å²) in [6, 6.07) is 6.24. The van der Waals surface area contributed by atoms with Crippen LogP contribution in [-0.4, -0.2) is 17.8 Å². The summed E-state index contributed by atoms with van der Waals surface area (Å²) >= 11 is 0. The molecule has 1 rings (SSSR count). The normalized spacial score (nSPS) is 12.5. The molecule has 3 heteroatoms. The molecule has 4 N–H and O–H groups in total. The van der Waals surface area contributed by atoms with E-state index in [9.17, 15) is 0 Å². The molecule has 0 bridgehead atoms. The molecule has 84 valence electrons. The van der Waals surface area contributed by atoms with E-state index >= 15 is 0 Å². The minimum Gasteiger partial charge on any atom is -0.398 e. The number of hydrogen-bond acceptors (Lipinski definition) is 3. The topological polar surface area (TPSA) is 58.3 Å². The van der Waals surface area contributed by atoms with Gasteiger partial charge >= 0.3 is 0 Å². The molecule has 15 heavy (non-hydrogen) atoms. The van der Waals surface area contributed by atoms with Gasteiger partial charge in [0, 0.05) is 24.0 Å². The molecule has 0 aliphatic carbocycles. The van der Waals surface area contributed by atoms with Gasteiger partial charge in [0.25, 0.3) is 0 Å². The summed E-state index contributed by atoms with van der Waals surface area (Å²) < 4.78 is 0. The fourth-order valence-electron chi connectivity index (χ4n) is 1.54. The molecule has 0 amide bonds. The van der Waals surface area contributed by atoms with Gasteiger partial charge in [0.2, 0.25) is 0 Å². The number of anilines is 2. The average Bonchev–Trinajstić information content (AvgIpc) is 2.22. The van der Waals surface area contributed by atoms with Crippen LogP contribution < -0.4 is 11.1 Å². The Balaban J connectivity index is 2.60. The lowest BCUT2D eigenvalue weighted by atomic mass is 10.1. The van der Waals surface area contributed by atoms with E-state index in [4.69, 9.17) is 10.8 Å². The first-order valence-electron chi connectivity index (χ1n) is 5.37. The second-order valence-corrected chi connectivity index (χ2v) is 3.93. The highest BCUT2D eigenvalue weighted by molar-refractivity contribution is 5.62. The highest BCUT2D eigenvalue weighted by Gasteiger charge is 2.05. The third kappa shape index (κ3) is 3.44. The van der Waals surface area contributed by atoms with Gasteiger partial charge in [-0.1, -0.05) is 6.07 Å². The van der Waals surface area contributed by atoms with E-state index in [0.29, 0.717) is 6.04 Å². The molecule has 1 aromatic carbocycles. The van der Waals surface area contributed by atoms with E-state index in [2.05, 4.69) is 12.2 Å². The lowest BCUT2D eigenvalue weighted by Gasteiger charge is -2.17. The summed E-state index contributed by atoms with van der Waals surface area (Å²) in [6.07, 6.45) is 1.79. The molecule has 0 aromatic heterocycles. The van der Waals surface area contributed by atoms with Gasteiger partial charge in [0.1, 0.15) is 0 Å². The first-order chi connectivity index (χ1) is 7.15. The molecule has 0 heterocycles. The van der Waals surface area contributed by atoms with Crippen molar-refractivity contribution in [3.63, 3.8) is 0 Å². The Morgan fingerprint density at radius 3 is 2.87 bits per heavy atom. The second kappa shape index (κ2) is 5.61. The van der Waals surface area contributed by atoms with Crippen molar-refractivity contribution in [2.75, 3.05) is 17.7 Å². The van der Waals surface area contributed by atoms with Crippen LogP contribution in [0.15, 0.2) is 18.2 Å². The third-order valence-corrected chi connectivity index (χ3v) is 2.57. The zero-order chi connectivity index (χ0) is 11.3. The number of aliphatic hydroxyl groups excluding tert-OH is 1. The number of nitrogens with two attached hydrogens (primary N) is 1. The predicted molar refractivity (Wildman–Crippen MR) is 65.0 cm³/mol. The lowest BCUT2D eigenvalue weighted by molar-refractivity contribution is 0.282. The summed E-state index contributed by atoms with van der Waals surface area (Å²) in [4.78, 5) is 0. The van der Waals surface area contributed by atoms with Crippen LogP contribution >= 0.6 is 0 Å². The maximum absolute atomic E-state index is 8.73. The van der Waals surface area contributed by atoms with Crippen molar-refractivity contribution in [2.45, 2.75) is 32.7 Å². The summed E-state index contributed by atoms with van der Waals surface area (Å²) in [5.41, 5.74) is 8.81. The van der Waals surface area contributed by atoms with Crippen LogP contribution in [0.4, 0.5) is 11.4 Å². The molecule has 0 saturated heterocycles. The van der Waals surface area contributed by atoms with Gasteiger partial charge in [-0.3, -0.25) is 0 Å². The van der Waals surface area contributed by atoms with Crippen molar-refractivity contribution in [2.24, 2.45) is 0 Å². The Bertz CT molecular complexity index is 312. The van der Waals surface area contributed by atoms with Crippen LogP contribution in [-0.2, 0) is 0 Å². The highest BCUT2D eigenvalue weighted by Crippen LogP contribution is 2.21. The Kier molecular flexibility index (Phi) is 4.43. The van der Waals surface area contributed by atoms with Crippen LogP contribution in [0.2, 0.25) is 0 Å². The smallest absolute Gasteiger partial charge is 0.0431 e. The van der Waals surface area contributed by atoms with Crippen LogP contribution in [0.5, 0.6) is 0 Å². The fraction of sp³-hybridized carbons (Fsp3) is 0.500. The molecular formula is C12H20N2O. The van der Waals surface area contributed by atoms with Gasteiger partial charge < -0.3 is 16.2 Å². The summed E-state index contributed by atoms with van der Waals surface area (Å²) in [6.45, 7) is 4.37. The van der Waals surface area contributed by atoms with Crippen LogP contribution in [0.3, 0.4) is 0 Å². The van der Waals surface area contributed by atoms with Crippen molar-refractivity contribution < 1.29 is 5.11 Å². The zero-order valence-corrected chi connectivity index (χ0v) is 9.46. The molecule has 1 unspecified atom stereocenters. The standard InChI is InChI=1S/C12H20N2O/c1-9(5-4-8-15)14-12-7-3-6-11(13)10(12)2/h3,6-7,9,14-15H,4-5,8,13H2,1-2H3. The second-order valence-electron chi connectivity index (χ2n) is 3.93. The Morgan fingerprint density at radius 1 is 1.47 bits per heavy atom. The van der Waals surface area contributed by atoms with E-state index in [1.807, 2.05) is 25.1 Å². The maximum Gasteiger partial charge on any atom is 0.0431 e. The van der Waals surface area contributed by atoms with Crippen molar-refractivity contribution >= 4 is 11.4 Å². The Hall–Kier alpha value is -1.22. The molecular weight excluding hydrogens is 188 g/mol. The van der Waals surface area contributed by atoms with E-state index in [0.717, 1.165) is 29.8 Å². The minimum absolute atomic E-state index is 0.252. The van der Waals surface area contributed by atoms with E-state index in [1.54, 1.807) is 0 Å². The molecule has 0 aliphatic rings. The van der Waals surface area contributed by atoms with Crippen molar-refractivity contribution in [1.82, 2.24) is 0 Å². The molecule has 0 aliphatic heterocycles. The highest BCUT2D eigenvalue weighted by atomic mass is 16.2. The largest absolute Gasteiger partial charge is 0.398 e. The molecule has 0 fully saturated rings. The molecule has 0 spiro atoms. The molecule has 3 nitrogen and oxygen atoms in total. The number of nitrogen functional groups attached to an aromatic ring is 1. The zero-order valence-electron chi connectivity index (χ0n) is 9.46. The lowest BCUT2D eigenvalue weighted by Crippen LogP contribution is -2.16. The van der Waals surface area contributed by atoms with Gasteiger partial charge in [-0.25, -0.2) is 0 Å². The molecule has 0 saturated carbocycles. The van der Waals surface area contributed by atoms with Crippen LogP contribution in [0.25, 0.3) is 0 Å². The van der Waals surface area contributed by atoms with Gasteiger partial charge in [-0.05, 0) is 44.4 Å². The third-order valence-electron chi connectivity index (χ3n) is 2.57. The molecule has 0 radical (unpaired) electrons. The summed E-state index contributed by atoms with van der Waals surface area (Å²) in [5, 5.41) is 12.1. The number of hydrogen-bond donors (Lipinski definition) is 3. The first-order valence-corrected chi connectivity index (χ1v) is 5.37. The monoisotopic (exact) mass is 208 g/mol. The molecule has 1 aromatic rings. The van der Waals surface area contributed by atoms with Gasteiger partial charge in [0.05, 0.1) is 0 Å². The minimum atomic E-state index is 0.252. The number of benzene rings is 1. The van der Waals surface area contributed by atoms with Crippen molar-refractivity contribution in [3.8, 4) is 0 Å².